The van der Waals surface area contributed by atoms with Crippen molar-refractivity contribution in [3.63, 3.8) is 0 Å². The van der Waals surface area contributed by atoms with Crippen molar-refractivity contribution in [2.24, 2.45) is 5.73 Å². The summed E-state index contributed by atoms with van der Waals surface area (Å²) in [6, 6.07) is 3.08. The van der Waals surface area contributed by atoms with Crippen LogP contribution in [-0.2, 0) is 11.3 Å². The highest BCUT2D eigenvalue weighted by atomic mass is 32.1. The van der Waals surface area contributed by atoms with E-state index in [2.05, 4.69) is 9.72 Å². The van der Waals surface area contributed by atoms with Crippen LogP contribution in [0, 0.1) is 13.8 Å². The number of methoxy groups -OCH3 is 1. The van der Waals surface area contributed by atoms with E-state index in [1.54, 1.807) is 19.9 Å². The van der Waals surface area contributed by atoms with Crippen LogP contribution in [0.1, 0.15) is 37.4 Å². The lowest BCUT2D eigenvalue weighted by Gasteiger charge is -2.08. The van der Waals surface area contributed by atoms with Crippen molar-refractivity contribution < 1.29 is 18.7 Å². The molecule has 3 aromatic rings. The molecule has 0 atom stereocenters. The van der Waals surface area contributed by atoms with Gasteiger partial charge in [-0.25, -0.2) is 9.78 Å². The Kier molecular flexibility index (Phi) is 4.17. The molecule has 25 heavy (non-hydrogen) atoms. The fraction of sp³-hybridized carbons (Fsp3) is 0.250. The van der Waals surface area contributed by atoms with Crippen LogP contribution in [0.15, 0.2) is 21.3 Å². The van der Waals surface area contributed by atoms with Gasteiger partial charge in [0.15, 0.2) is 0 Å². The Labute approximate surface area is 145 Å². The van der Waals surface area contributed by atoms with Crippen molar-refractivity contribution in [1.29, 1.82) is 0 Å². The van der Waals surface area contributed by atoms with E-state index in [1.807, 2.05) is 0 Å². The number of rotatable bonds is 4. The Bertz CT molecular complexity index is 1060. The predicted molar refractivity (Wildman–Crippen MR) is 91.0 cm³/mol. The highest BCUT2D eigenvalue weighted by Gasteiger charge is 2.20. The summed E-state index contributed by atoms with van der Waals surface area (Å²) in [6.45, 7) is 3.46. The van der Waals surface area contributed by atoms with Crippen LogP contribution in [-0.4, -0.2) is 28.5 Å². The monoisotopic (exact) mass is 361 g/mol. The third-order valence-electron chi connectivity index (χ3n) is 3.83. The fourth-order valence-electron chi connectivity index (χ4n) is 2.57. The summed E-state index contributed by atoms with van der Waals surface area (Å²) in [7, 11) is 1.26. The number of nitrogens with two attached hydrogens (primary N) is 1. The summed E-state index contributed by atoms with van der Waals surface area (Å²) in [4.78, 5) is 41.0. The molecule has 1 amide bonds. The largest absolute Gasteiger partial charge is 0.463 e. The number of hydrogen-bond acceptors (Lipinski definition) is 7. The summed E-state index contributed by atoms with van der Waals surface area (Å²) in [5, 5.41) is 0.365. The first kappa shape index (κ1) is 16.9. The number of amides is 1. The fourth-order valence-corrected chi connectivity index (χ4v) is 3.64. The molecular weight excluding hydrogens is 346 g/mol. The summed E-state index contributed by atoms with van der Waals surface area (Å²) in [5.74, 6) is -0.248. The van der Waals surface area contributed by atoms with Crippen LogP contribution in [0.5, 0.6) is 0 Å². The lowest BCUT2D eigenvalue weighted by atomic mass is 10.2. The summed E-state index contributed by atoms with van der Waals surface area (Å²) >= 11 is 1.10. The molecule has 0 fully saturated rings. The van der Waals surface area contributed by atoms with E-state index in [0.717, 1.165) is 11.3 Å². The molecule has 0 aromatic carbocycles. The van der Waals surface area contributed by atoms with E-state index < -0.39 is 11.9 Å². The van der Waals surface area contributed by atoms with Crippen LogP contribution in [0.25, 0.3) is 10.2 Å². The minimum Gasteiger partial charge on any atom is -0.463 e. The number of hydrogen-bond donors (Lipinski definition) is 1. The maximum absolute atomic E-state index is 12.9. The number of ether oxygens (including phenoxy) is 1. The number of aryl methyl sites for hydroxylation is 2. The average Bonchev–Trinajstić information content (AvgIpc) is 3.15. The van der Waals surface area contributed by atoms with E-state index in [9.17, 15) is 14.4 Å². The van der Waals surface area contributed by atoms with Crippen LogP contribution in [0.4, 0.5) is 0 Å². The summed E-state index contributed by atoms with van der Waals surface area (Å²) in [5.41, 5.74) is 5.58. The molecule has 0 aliphatic heterocycles. The number of furan rings is 1. The Balaban J connectivity index is 2.09. The van der Waals surface area contributed by atoms with Gasteiger partial charge in [-0.15, -0.1) is 11.3 Å². The molecule has 3 heterocycles. The van der Waals surface area contributed by atoms with Crippen molar-refractivity contribution >= 4 is 33.4 Å². The van der Waals surface area contributed by atoms with Crippen molar-refractivity contribution in [3.05, 3.63) is 50.3 Å². The van der Waals surface area contributed by atoms with Crippen LogP contribution in [0.2, 0.25) is 0 Å². The molecule has 3 rings (SSSR count). The highest BCUT2D eigenvalue weighted by Crippen LogP contribution is 2.27. The van der Waals surface area contributed by atoms with Crippen LogP contribution >= 0.6 is 11.3 Å². The predicted octanol–water partition coefficient (Wildman–Crippen LogP) is 1.60. The third kappa shape index (κ3) is 2.82. The van der Waals surface area contributed by atoms with Gasteiger partial charge in [0.05, 0.1) is 23.9 Å². The van der Waals surface area contributed by atoms with Gasteiger partial charge in [0.1, 0.15) is 16.4 Å². The summed E-state index contributed by atoms with van der Waals surface area (Å²) in [6.07, 6.45) is 0. The molecule has 0 spiro atoms. The molecule has 0 saturated carbocycles. The van der Waals surface area contributed by atoms with E-state index in [4.69, 9.17) is 10.2 Å². The van der Waals surface area contributed by atoms with Gasteiger partial charge in [0.2, 0.25) is 5.76 Å². The Hall–Kier alpha value is -2.94. The Morgan fingerprint density at radius 1 is 1.36 bits per heavy atom. The van der Waals surface area contributed by atoms with E-state index in [1.165, 1.54) is 17.7 Å². The molecule has 0 aliphatic rings. The van der Waals surface area contributed by atoms with Crippen molar-refractivity contribution in [1.82, 2.24) is 9.55 Å². The average molecular weight is 361 g/mol. The molecule has 2 N–H and O–H groups in total. The molecular formula is C16H15N3O5S. The first-order chi connectivity index (χ1) is 11.8. The lowest BCUT2D eigenvalue weighted by molar-refractivity contribution is 0.0562. The van der Waals surface area contributed by atoms with E-state index >= 15 is 0 Å². The molecule has 8 nitrogen and oxygen atoms in total. The molecule has 130 valence electrons. The third-order valence-corrected chi connectivity index (χ3v) is 5.03. The van der Waals surface area contributed by atoms with Crippen LogP contribution < -0.4 is 11.3 Å². The number of nitrogens with zero attached hydrogens (tertiary/aromatic N) is 2. The van der Waals surface area contributed by atoms with Gasteiger partial charge >= 0.3 is 5.97 Å². The molecule has 9 heteroatoms. The standard InChI is InChI=1S/C16H15N3O5S/c1-7-11-14(25-12(7)13(17)20)18-8(2)19(15(11)21)6-9-4-5-10(24-9)16(22)23-3/h4-5H,6H2,1-3H3,(H2,17,20). The number of esters is 1. The molecule has 0 radical (unpaired) electrons. The Morgan fingerprint density at radius 3 is 2.72 bits per heavy atom. The minimum absolute atomic E-state index is 0.0555. The van der Waals surface area contributed by atoms with E-state index in [-0.39, 0.29) is 17.9 Å². The maximum Gasteiger partial charge on any atom is 0.373 e. The first-order valence-corrected chi connectivity index (χ1v) is 8.12. The summed E-state index contributed by atoms with van der Waals surface area (Å²) < 4.78 is 11.4. The van der Waals surface area contributed by atoms with E-state index in [0.29, 0.717) is 32.2 Å². The zero-order chi connectivity index (χ0) is 18.3. The van der Waals surface area contributed by atoms with Gasteiger partial charge < -0.3 is 14.9 Å². The number of carbonyl (C=O) groups is 2. The van der Waals surface area contributed by atoms with Crippen molar-refractivity contribution in [2.45, 2.75) is 20.4 Å². The quantitative estimate of drug-likeness (QED) is 0.705. The lowest BCUT2D eigenvalue weighted by Crippen LogP contribution is -2.24. The second kappa shape index (κ2) is 6.17. The van der Waals surface area contributed by atoms with Gasteiger partial charge in [0.25, 0.3) is 11.5 Å². The number of thiophene rings is 1. The van der Waals surface area contributed by atoms with Crippen molar-refractivity contribution in [3.8, 4) is 0 Å². The topological polar surface area (TPSA) is 117 Å². The molecule has 0 aliphatic carbocycles. The second-order valence-corrected chi connectivity index (χ2v) is 6.41. The van der Waals surface area contributed by atoms with Gasteiger partial charge in [-0.1, -0.05) is 0 Å². The number of aromatic nitrogens is 2. The smallest absolute Gasteiger partial charge is 0.373 e. The second-order valence-electron chi connectivity index (χ2n) is 5.41. The van der Waals surface area contributed by atoms with Crippen LogP contribution in [0.3, 0.4) is 0 Å². The highest BCUT2D eigenvalue weighted by molar-refractivity contribution is 7.20. The SMILES string of the molecule is COC(=O)c1ccc(Cn2c(C)nc3sc(C(N)=O)c(C)c3c2=O)o1. The molecule has 0 bridgehead atoms. The molecule has 3 aromatic heterocycles. The minimum atomic E-state index is -0.594. The maximum atomic E-state index is 12.9. The zero-order valence-electron chi connectivity index (χ0n) is 13.8. The Morgan fingerprint density at radius 2 is 2.08 bits per heavy atom. The number of carbonyl (C=O) groups excluding carboxylic acids is 2. The van der Waals surface area contributed by atoms with Gasteiger partial charge in [0, 0.05) is 0 Å². The normalized spacial score (nSPS) is 11.0. The first-order valence-electron chi connectivity index (χ1n) is 7.30. The van der Waals surface area contributed by atoms with Crippen molar-refractivity contribution in [2.75, 3.05) is 7.11 Å². The zero-order valence-corrected chi connectivity index (χ0v) is 14.6. The van der Waals surface area contributed by atoms with Gasteiger partial charge in [-0.05, 0) is 31.5 Å². The number of fused-ring (bicyclic) bond motifs is 1. The van der Waals surface area contributed by atoms with Gasteiger partial charge in [-0.3, -0.25) is 14.2 Å². The molecule has 0 unspecified atom stereocenters. The number of primary amides is 1. The van der Waals surface area contributed by atoms with Gasteiger partial charge in [-0.2, -0.15) is 0 Å². The molecule has 0 saturated heterocycles.